The van der Waals surface area contributed by atoms with Gasteiger partial charge in [0.05, 0.1) is 16.4 Å². The summed E-state index contributed by atoms with van der Waals surface area (Å²) in [7, 11) is 3.90. The van der Waals surface area contributed by atoms with Crippen LogP contribution in [0.25, 0.3) is 0 Å². The second-order valence-corrected chi connectivity index (χ2v) is 4.92. The molecular formula is C15H17ClN2O. The summed E-state index contributed by atoms with van der Waals surface area (Å²) in [6.45, 7) is 0.549. The quantitative estimate of drug-likeness (QED) is 0.893. The zero-order valence-electron chi connectivity index (χ0n) is 11.0. The van der Waals surface area contributed by atoms with E-state index in [1.165, 1.54) is 0 Å². The average molecular weight is 277 g/mol. The van der Waals surface area contributed by atoms with E-state index in [0.29, 0.717) is 17.3 Å². The van der Waals surface area contributed by atoms with Crippen molar-refractivity contribution in [3.05, 3.63) is 53.1 Å². The van der Waals surface area contributed by atoms with E-state index < -0.39 is 0 Å². The van der Waals surface area contributed by atoms with Gasteiger partial charge in [-0.2, -0.15) is 0 Å². The summed E-state index contributed by atoms with van der Waals surface area (Å²) in [5, 5.41) is 13.8. The fraction of sp³-hybridized carbons (Fsp3) is 0.200. The van der Waals surface area contributed by atoms with Gasteiger partial charge in [0.1, 0.15) is 5.75 Å². The highest BCUT2D eigenvalue weighted by molar-refractivity contribution is 6.34. The number of hydrogen-bond donors (Lipinski definition) is 2. The number of aromatic hydroxyl groups is 1. The van der Waals surface area contributed by atoms with Gasteiger partial charge >= 0.3 is 0 Å². The van der Waals surface area contributed by atoms with Crippen LogP contribution < -0.4 is 10.2 Å². The summed E-state index contributed by atoms with van der Waals surface area (Å²) in [6, 6.07) is 13.0. The van der Waals surface area contributed by atoms with Gasteiger partial charge in [-0.15, -0.1) is 0 Å². The van der Waals surface area contributed by atoms with Gasteiger partial charge < -0.3 is 15.3 Å². The van der Waals surface area contributed by atoms with Crippen LogP contribution in [0.3, 0.4) is 0 Å². The van der Waals surface area contributed by atoms with Crippen molar-refractivity contribution < 1.29 is 5.11 Å². The Labute approximate surface area is 118 Å². The van der Waals surface area contributed by atoms with E-state index in [0.717, 1.165) is 16.9 Å². The van der Waals surface area contributed by atoms with Crippen molar-refractivity contribution in [2.24, 2.45) is 0 Å². The lowest BCUT2D eigenvalue weighted by atomic mass is 10.2. The molecule has 0 aliphatic carbocycles. The molecular weight excluding hydrogens is 260 g/mol. The predicted octanol–water partition coefficient (Wildman–Crippen LogP) is 3.72. The van der Waals surface area contributed by atoms with Crippen LogP contribution in [0.2, 0.25) is 5.02 Å². The summed E-state index contributed by atoms with van der Waals surface area (Å²) < 4.78 is 0. The van der Waals surface area contributed by atoms with Gasteiger partial charge in [0.25, 0.3) is 0 Å². The maximum atomic E-state index is 9.75. The van der Waals surface area contributed by atoms with Crippen LogP contribution in [0.15, 0.2) is 42.5 Å². The summed E-state index contributed by atoms with van der Waals surface area (Å²) >= 11 is 6.21. The first-order chi connectivity index (χ1) is 9.09. The van der Waals surface area contributed by atoms with Crippen molar-refractivity contribution in [3.8, 4) is 5.75 Å². The molecule has 0 atom stereocenters. The minimum atomic E-state index is 0.295. The van der Waals surface area contributed by atoms with E-state index in [9.17, 15) is 5.11 Å². The molecule has 0 aromatic heterocycles. The first-order valence-electron chi connectivity index (χ1n) is 6.06. The normalized spacial score (nSPS) is 10.3. The highest BCUT2D eigenvalue weighted by Crippen LogP contribution is 2.33. The van der Waals surface area contributed by atoms with E-state index in [1.54, 1.807) is 6.07 Å². The molecule has 0 heterocycles. The largest absolute Gasteiger partial charge is 0.508 e. The lowest BCUT2D eigenvalue weighted by molar-refractivity contribution is 0.469. The zero-order valence-corrected chi connectivity index (χ0v) is 11.8. The molecule has 0 unspecified atom stereocenters. The first kappa shape index (κ1) is 13.6. The third kappa shape index (κ3) is 3.12. The molecule has 0 radical (unpaired) electrons. The summed E-state index contributed by atoms with van der Waals surface area (Å²) in [4.78, 5) is 1.97. The van der Waals surface area contributed by atoms with Gasteiger partial charge in [0.15, 0.2) is 0 Å². The Morgan fingerprint density at radius 1 is 1.11 bits per heavy atom. The molecule has 2 N–H and O–H groups in total. The average Bonchev–Trinajstić information content (AvgIpc) is 2.37. The smallest absolute Gasteiger partial charge is 0.120 e. The van der Waals surface area contributed by atoms with Crippen molar-refractivity contribution in [3.63, 3.8) is 0 Å². The van der Waals surface area contributed by atoms with Crippen LogP contribution in [0.4, 0.5) is 11.4 Å². The number of phenols is 1. The van der Waals surface area contributed by atoms with Gasteiger partial charge in [0, 0.05) is 26.2 Å². The molecule has 4 heteroatoms. The van der Waals surface area contributed by atoms with Crippen LogP contribution in [0, 0.1) is 0 Å². The van der Waals surface area contributed by atoms with Crippen molar-refractivity contribution in [1.29, 1.82) is 0 Å². The number of nitrogens with zero attached hydrogens (tertiary/aromatic N) is 1. The fourth-order valence-electron chi connectivity index (χ4n) is 1.96. The Balaban J connectivity index is 2.21. The molecule has 0 saturated carbocycles. The molecule has 0 spiro atoms. The Morgan fingerprint density at radius 3 is 2.53 bits per heavy atom. The number of phenolic OH excluding ortho intramolecular Hbond substituents is 1. The van der Waals surface area contributed by atoms with Crippen LogP contribution >= 0.6 is 11.6 Å². The number of para-hydroxylation sites is 2. The van der Waals surface area contributed by atoms with Gasteiger partial charge in [0.2, 0.25) is 0 Å². The number of rotatable bonds is 4. The van der Waals surface area contributed by atoms with Crippen LogP contribution in [0.5, 0.6) is 5.75 Å². The minimum Gasteiger partial charge on any atom is -0.508 e. The highest BCUT2D eigenvalue weighted by Gasteiger charge is 2.09. The molecule has 0 saturated heterocycles. The number of anilines is 2. The Bertz CT molecular complexity index is 570. The van der Waals surface area contributed by atoms with Gasteiger partial charge in [-0.3, -0.25) is 0 Å². The second-order valence-electron chi connectivity index (χ2n) is 4.51. The van der Waals surface area contributed by atoms with E-state index in [1.807, 2.05) is 55.4 Å². The van der Waals surface area contributed by atoms with E-state index in [2.05, 4.69) is 5.32 Å². The second kappa shape index (κ2) is 5.85. The molecule has 2 rings (SSSR count). The van der Waals surface area contributed by atoms with Crippen molar-refractivity contribution in [2.75, 3.05) is 24.3 Å². The lowest BCUT2D eigenvalue weighted by Gasteiger charge is -2.20. The molecule has 19 heavy (non-hydrogen) atoms. The molecule has 100 valence electrons. The Kier molecular flexibility index (Phi) is 4.17. The monoisotopic (exact) mass is 276 g/mol. The minimum absolute atomic E-state index is 0.295. The molecule has 0 fully saturated rings. The number of nitrogens with one attached hydrogen (secondary N) is 1. The van der Waals surface area contributed by atoms with Crippen LogP contribution in [0.1, 0.15) is 5.56 Å². The molecule has 0 bridgehead atoms. The molecule has 2 aromatic rings. The van der Waals surface area contributed by atoms with Crippen LogP contribution in [-0.4, -0.2) is 19.2 Å². The maximum Gasteiger partial charge on any atom is 0.120 e. The standard InChI is InChI=1S/C15H17ClN2O/c1-18(2)15-12(16)7-5-8-13(15)17-10-11-6-3-4-9-14(11)19/h3-9,17,19H,10H2,1-2H3. The Hall–Kier alpha value is -1.87. The van der Waals surface area contributed by atoms with Gasteiger partial charge in [-0.25, -0.2) is 0 Å². The third-order valence-electron chi connectivity index (χ3n) is 2.89. The molecule has 0 amide bonds. The molecule has 0 aliphatic rings. The topological polar surface area (TPSA) is 35.5 Å². The van der Waals surface area contributed by atoms with Gasteiger partial charge in [-0.1, -0.05) is 35.9 Å². The molecule has 2 aromatic carbocycles. The zero-order chi connectivity index (χ0) is 13.8. The third-order valence-corrected chi connectivity index (χ3v) is 3.20. The molecule has 0 aliphatic heterocycles. The van der Waals surface area contributed by atoms with Crippen molar-refractivity contribution in [1.82, 2.24) is 0 Å². The Morgan fingerprint density at radius 2 is 1.84 bits per heavy atom. The first-order valence-corrected chi connectivity index (χ1v) is 6.44. The fourth-order valence-corrected chi connectivity index (χ4v) is 2.31. The van der Waals surface area contributed by atoms with E-state index in [-0.39, 0.29) is 0 Å². The van der Waals surface area contributed by atoms with E-state index in [4.69, 9.17) is 11.6 Å². The summed E-state index contributed by atoms with van der Waals surface area (Å²) in [5.74, 6) is 0.295. The highest BCUT2D eigenvalue weighted by atomic mass is 35.5. The lowest BCUT2D eigenvalue weighted by Crippen LogP contribution is -2.12. The summed E-state index contributed by atoms with van der Waals surface area (Å²) in [5.41, 5.74) is 2.74. The SMILES string of the molecule is CN(C)c1c(Cl)cccc1NCc1ccccc1O. The van der Waals surface area contributed by atoms with Crippen molar-refractivity contribution >= 4 is 23.0 Å². The van der Waals surface area contributed by atoms with Crippen LogP contribution in [-0.2, 0) is 6.54 Å². The predicted molar refractivity (Wildman–Crippen MR) is 81.2 cm³/mol. The van der Waals surface area contributed by atoms with Crippen molar-refractivity contribution in [2.45, 2.75) is 6.54 Å². The van der Waals surface area contributed by atoms with Gasteiger partial charge in [-0.05, 0) is 18.2 Å². The maximum absolute atomic E-state index is 9.75. The summed E-state index contributed by atoms with van der Waals surface area (Å²) in [6.07, 6.45) is 0. The van der Waals surface area contributed by atoms with E-state index >= 15 is 0 Å². The number of halogens is 1. The number of benzene rings is 2. The molecule has 3 nitrogen and oxygen atoms in total. The number of hydrogen-bond acceptors (Lipinski definition) is 3.